The Morgan fingerprint density at radius 3 is 2.78 bits per heavy atom. The van der Waals surface area contributed by atoms with Crippen LogP contribution in [0.15, 0.2) is 29.1 Å². The van der Waals surface area contributed by atoms with Crippen LogP contribution in [0.5, 0.6) is 5.75 Å². The smallest absolute Gasteiger partial charge is 0.248 e. The van der Waals surface area contributed by atoms with Crippen molar-refractivity contribution in [1.82, 2.24) is 15.6 Å². The standard InChI is InChI=1S/C18H25N3O2/c22-16-3-1-14(15-2-4-17(23)21-18(15)16)8-12-20-11-7-13-5-9-19-10-6-13/h1-4,13,19-20,22H,5-12H2,(H,21,23). The summed E-state index contributed by atoms with van der Waals surface area (Å²) >= 11 is 0. The first kappa shape index (κ1) is 16.0. The van der Waals surface area contributed by atoms with Crippen molar-refractivity contribution in [2.45, 2.75) is 25.7 Å². The first-order chi connectivity index (χ1) is 11.2. The van der Waals surface area contributed by atoms with E-state index in [4.69, 9.17) is 0 Å². The topological polar surface area (TPSA) is 77.2 Å². The van der Waals surface area contributed by atoms with Crippen LogP contribution in [-0.4, -0.2) is 36.3 Å². The molecule has 0 radical (unpaired) electrons. The lowest BCUT2D eigenvalue weighted by Crippen LogP contribution is -2.30. The van der Waals surface area contributed by atoms with Crippen molar-refractivity contribution >= 4 is 10.9 Å². The van der Waals surface area contributed by atoms with Gasteiger partial charge in [-0.05, 0) is 75.5 Å². The fourth-order valence-electron chi connectivity index (χ4n) is 3.34. The maximum Gasteiger partial charge on any atom is 0.248 e. The molecule has 0 amide bonds. The van der Waals surface area contributed by atoms with Crippen LogP contribution in [0.4, 0.5) is 0 Å². The zero-order valence-electron chi connectivity index (χ0n) is 13.4. The lowest BCUT2D eigenvalue weighted by Gasteiger charge is -2.22. The summed E-state index contributed by atoms with van der Waals surface area (Å²) in [5.74, 6) is 0.976. The van der Waals surface area contributed by atoms with Crippen LogP contribution in [0.2, 0.25) is 0 Å². The van der Waals surface area contributed by atoms with E-state index in [1.807, 2.05) is 6.07 Å². The third kappa shape index (κ3) is 4.12. The molecule has 4 N–H and O–H groups in total. The van der Waals surface area contributed by atoms with Gasteiger partial charge in [0, 0.05) is 11.5 Å². The Morgan fingerprint density at radius 2 is 1.96 bits per heavy atom. The molecule has 1 aromatic heterocycles. The van der Waals surface area contributed by atoms with Crippen molar-refractivity contribution in [1.29, 1.82) is 0 Å². The number of pyridine rings is 1. The minimum Gasteiger partial charge on any atom is -0.506 e. The number of H-pyrrole nitrogens is 1. The second-order valence-corrected chi connectivity index (χ2v) is 6.34. The van der Waals surface area contributed by atoms with Crippen LogP contribution >= 0.6 is 0 Å². The van der Waals surface area contributed by atoms with Gasteiger partial charge in [-0.3, -0.25) is 4.79 Å². The molecule has 0 atom stereocenters. The number of aromatic amines is 1. The summed E-state index contributed by atoms with van der Waals surface area (Å²) in [6.07, 6.45) is 4.70. The highest BCUT2D eigenvalue weighted by molar-refractivity contribution is 5.87. The van der Waals surface area contributed by atoms with Crippen molar-refractivity contribution in [3.8, 4) is 5.75 Å². The van der Waals surface area contributed by atoms with Crippen molar-refractivity contribution in [2.24, 2.45) is 5.92 Å². The SMILES string of the molecule is O=c1ccc2c(CCNCCC3CCNCC3)ccc(O)c2[nH]1. The number of benzene rings is 1. The molecule has 23 heavy (non-hydrogen) atoms. The first-order valence-corrected chi connectivity index (χ1v) is 8.49. The molecule has 1 aliphatic rings. The van der Waals surface area contributed by atoms with Gasteiger partial charge in [-0.1, -0.05) is 6.07 Å². The average molecular weight is 315 g/mol. The third-order valence-electron chi connectivity index (χ3n) is 4.72. The van der Waals surface area contributed by atoms with E-state index in [0.29, 0.717) is 5.52 Å². The summed E-state index contributed by atoms with van der Waals surface area (Å²) in [4.78, 5) is 14.1. The molecule has 3 rings (SSSR count). The molecule has 0 aliphatic carbocycles. The summed E-state index contributed by atoms with van der Waals surface area (Å²) in [5.41, 5.74) is 1.48. The second kappa shape index (κ2) is 7.62. The lowest BCUT2D eigenvalue weighted by atomic mass is 9.95. The summed E-state index contributed by atoms with van der Waals surface area (Å²) < 4.78 is 0. The van der Waals surface area contributed by atoms with Gasteiger partial charge in [0.1, 0.15) is 5.75 Å². The number of aromatic hydroxyl groups is 1. The zero-order valence-corrected chi connectivity index (χ0v) is 13.4. The van der Waals surface area contributed by atoms with Gasteiger partial charge in [-0.25, -0.2) is 0 Å². The van der Waals surface area contributed by atoms with Crippen LogP contribution in [0, 0.1) is 5.92 Å². The Kier molecular flexibility index (Phi) is 5.31. The molecule has 1 aromatic carbocycles. The van der Waals surface area contributed by atoms with E-state index >= 15 is 0 Å². The molecule has 124 valence electrons. The summed E-state index contributed by atoms with van der Waals surface area (Å²) in [5, 5.41) is 17.7. The van der Waals surface area contributed by atoms with E-state index in [1.54, 1.807) is 12.1 Å². The van der Waals surface area contributed by atoms with Gasteiger partial charge in [0.05, 0.1) is 5.52 Å². The predicted molar refractivity (Wildman–Crippen MR) is 93.0 cm³/mol. The summed E-state index contributed by atoms with van der Waals surface area (Å²) in [6.45, 7) is 4.27. The molecular weight excluding hydrogens is 290 g/mol. The van der Waals surface area contributed by atoms with Crippen molar-refractivity contribution < 1.29 is 5.11 Å². The third-order valence-corrected chi connectivity index (χ3v) is 4.72. The largest absolute Gasteiger partial charge is 0.506 e. The number of phenolic OH excluding ortho intramolecular Hbond substituents is 1. The molecule has 1 aliphatic heterocycles. The summed E-state index contributed by atoms with van der Waals surface area (Å²) in [6, 6.07) is 6.89. The number of piperidine rings is 1. The van der Waals surface area contributed by atoms with Gasteiger partial charge < -0.3 is 20.7 Å². The van der Waals surface area contributed by atoms with Gasteiger partial charge >= 0.3 is 0 Å². The fraction of sp³-hybridized carbons (Fsp3) is 0.500. The van der Waals surface area contributed by atoms with E-state index in [1.165, 1.54) is 25.3 Å². The summed E-state index contributed by atoms with van der Waals surface area (Å²) in [7, 11) is 0. The van der Waals surface area contributed by atoms with Crippen LogP contribution in [-0.2, 0) is 6.42 Å². The quantitative estimate of drug-likeness (QED) is 0.613. The molecule has 0 unspecified atom stereocenters. The normalized spacial score (nSPS) is 16.0. The van der Waals surface area contributed by atoms with Gasteiger partial charge in [-0.15, -0.1) is 0 Å². The molecule has 0 spiro atoms. The van der Waals surface area contributed by atoms with Crippen LogP contribution < -0.4 is 16.2 Å². The van der Waals surface area contributed by atoms with E-state index in [2.05, 4.69) is 15.6 Å². The molecule has 1 fully saturated rings. The Balaban J connectivity index is 1.53. The van der Waals surface area contributed by atoms with Crippen molar-refractivity contribution in [2.75, 3.05) is 26.2 Å². The molecule has 2 heterocycles. The Hall–Kier alpha value is -1.85. The molecule has 2 aromatic rings. The fourth-order valence-corrected chi connectivity index (χ4v) is 3.34. The number of rotatable bonds is 6. The Morgan fingerprint density at radius 1 is 1.13 bits per heavy atom. The van der Waals surface area contributed by atoms with Crippen LogP contribution in [0.1, 0.15) is 24.8 Å². The highest BCUT2D eigenvalue weighted by Gasteiger charge is 2.12. The molecule has 0 bridgehead atoms. The maximum absolute atomic E-state index is 11.4. The number of fused-ring (bicyclic) bond motifs is 1. The lowest BCUT2D eigenvalue weighted by molar-refractivity contribution is 0.349. The minimum absolute atomic E-state index is 0.125. The minimum atomic E-state index is -0.190. The first-order valence-electron chi connectivity index (χ1n) is 8.49. The molecule has 0 saturated carbocycles. The highest BCUT2D eigenvalue weighted by atomic mass is 16.3. The van der Waals surface area contributed by atoms with E-state index in [-0.39, 0.29) is 11.3 Å². The maximum atomic E-state index is 11.4. The van der Waals surface area contributed by atoms with E-state index in [9.17, 15) is 9.90 Å². The van der Waals surface area contributed by atoms with Gasteiger partial charge in [-0.2, -0.15) is 0 Å². The van der Waals surface area contributed by atoms with Gasteiger partial charge in [0.2, 0.25) is 5.56 Å². The predicted octanol–water partition coefficient (Wildman–Crippen LogP) is 1.76. The molecular formula is C18H25N3O2. The Bertz CT molecular complexity index is 705. The highest BCUT2D eigenvalue weighted by Crippen LogP contribution is 2.24. The van der Waals surface area contributed by atoms with Crippen molar-refractivity contribution in [3.63, 3.8) is 0 Å². The zero-order chi connectivity index (χ0) is 16.1. The average Bonchev–Trinajstić information content (AvgIpc) is 2.58. The number of hydrogen-bond acceptors (Lipinski definition) is 4. The van der Waals surface area contributed by atoms with Gasteiger partial charge in [0.25, 0.3) is 0 Å². The van der Waals surface area contributed by atoms with Crippen LogP contribution in [0.25, 0.3) is 10.9 Å². The second-order valence-electron chi connectivity index (χ2n) is 6.34. The van der Waals surface area contributed by atoms with E-state index < -0.39 is 0 Å². The number of phenols is 1. The number of nitrogens with one attached hydrogen (secondary N) is 3. The van der Waals surface area contributed by atoms with E-state index in [0.717, 1.165) is 49.5 Å². The van der Waals surface area contributed by atoms with Crippen LogP contribution in [0.3, 0.4) is 0 Å². The monoisotopic (exact) mass is 315 g/mol. The van der Waals surface area contributed by atoms with Crippen molar-refractivity contribution in [3.05, 3.63) is 40.2 Å². The molecule has 5 nitrogen and oxygen atoms in total. The molecule has 1 saturated heterocycles. The van der Waals surface area contributed by atoms with Gasteiger partial charge in [0.15, 0.2) is 0 Å². The molecule has 5 heteroatoms. The number of hydrogen-bond donors (Lipinski definition) is 4. The number of aromatic nitrogens is 1. The Labute approximate surface area is 136 Å².